The molecule has 1 heterocycles. The van der Waals surface area contributed by atoms with Crippen LogP contribution in [0.1, 0.15) is 27.8 Å². The molecular formula is C19H24N2O. The maximum atomic E-state index is 6.24. The number of nitrogens with two attached hydrogens (primary N) is 1. The van der Waals surface area contributed by atoms with Gasteiger partial charge >= 0.3 is 0 Å². The number of hydroxylamine groups is 2. The number of fused-ring (bicyclic) bond motifs is 1. The topological polar surface area (TPSA) is 38.5 Å². The van der Waals surface area contributed by atoms with Crippen molar-refractivity contribution in [2.45, 2.75) is 39.4 Å². The predicted molar refractivity (Wildman–Crippen MR) is 89.2 cm³/mol. The maximum Gasteiger partial charge on any atom is 0.0839 e. The van der Waals surface area contributed by atoms with Crippen molar-refractivity contribution in [2.24, 2.45) is 5.73 Å². The second-order valence-corrected chi connectivity index (χ2v) is 6.26. The van der Waals surface area contributed by atoms with Gasteiger partial charge in [-0.25, -0.2) is 0 Å². The van der Waals surface area contributed by atoms with Gasteiger partial charge in [0.25, 0.3) is 0 Å². The van der Waals surface area contributed by atoms with Crippen molar-refractivity contribution in [1.82, 2.24) is 5.06 Å². The summed E-state index contributed by atoms with van der Waals surface area (Å²) in [6.45, 7) is 6.53. The molecule has 22 heavy (non-hydrogen) atoms. The summed E-state index contributed by atoms with van der Waals surface area (Å²) in [4.78, 5) is 5.89. The van der Waals surface area contributed by atoms with Gasteiger partial charge in [0.1, 0.15) is 0 Å². The summed E-state index contributed by atoms with van der Waals surface area (Å²) < 4.78 is 0. The van der Waals surface area contributed by atoms with Crippen LogP contribution in [-0.4, -0.2) is 17.7 Å². The average Bonchev–Trinajstić information content (AvgIpc) is 2.91. The first-order valence-corrected chi connectivity index (χ1v) is 7.88. The Kier molecular flexibility index (Phi) is 4.57. The van der Waals surface area contributed by atoms with Gasteiger partial charge in [0, 0.05) is 19.1 Å². The van der Waals surface area contributed by atoms with E-state index in [2.05, 4.69) is 56.3 Å². The van der Waals surface area contributed by atoms with Crippen LogP contribution in [0, 0.1) is 13.8 Å². The van der Waals surface area contributed by atoms with E-state index >= 15 is 0 Å². The average molecular weight is 296 g/mol. The van der Waals surface area contributed by atoms with Crippen LogP contribution in [-0.2, 0) is 24.3 Å². The van der Waals surface area contributed by atoms with Crippen LogP contribution >= 0.6 is 0 Å². The summed E-state index contributed by atoms with van der Waals surface area (Å²) in [6, 6.07) is 15.0. The van der Waals surface area contributed by atoms with E-state index in [1.807, 2.05) is 5.06 Å². The number of benzene rings is 2. The van der Waals surface area contributed by atoms with Crippen molar-refractivity contribution in [3.8, 4) is 0 Å². The fourth-order valence-corrected chi connectivity index (χ4v) is 3.01. The first-order chi connectivity index (χ1) is 10.6. The minimum Gasteiger partial charge on any atom is -0.325 e. The van der Waals surface area contributed by atoms with Gasteiger partial charge in [0.05, 0.1) is 6.61 Å². The summed E-state index contributed by atoms with van der Waals surface area (Å²) in [7, 11) is 0. The van der Waals surface area contributed by atoms with Crippen molar-refractivity contribution in [1.29, 1.82) is 0 Å². The highest BCUT2D eigenvalue weighted by Crippen LogP contribution is 2.22. The van der Waals surface area contributed by atoms with Crippen LogP contribution in [0.15, 0.2) is 42.5 Å². The molecule has 0 fully saturated rings. The molecule has 3 nitrogen and oxygen atoms in total. The molecule has 1 aliphatic rings. The Morgan fingerprint density at radius 3 is 2.41 bits per heavy atom. The Hall–Kier alpha value is -1.68. The predicted octanol–water partition coefficient (Wildman–Crippen LogP) is 3.12. The lowest BCUT2D eigenvalue weighted by molar-refractivity contribution is -0.169. The molecule has 0 radical (unpaired) electrons. The third-order valence-electron chi connectivity index (χ3n) is 4.26. The zero-order valence-electron chi connectivity index (χ0n) is 13.4. The highest BCUT2D eigenvalue weighted by molar-refractivity contribution is 5.31. The molecule has 3 heteroatoms. The highest BCUT2D eigenvalue weighted by atomic mass is 16.7. The number of hydrogen-bond donors (Lipinski definition) is 1. The van der Waals surface area contributed by atoms with E-state index in [0.29, 0.717) is 6.61 Å². The third-order valence-corrected chi connectivity index (χ3v) is 4.26. The minimum absolute atomic E-state index is 0.0186. The van der Waals surface area contributed by atoms with Gasteiger partial charge in [0.15, 0.2) is 0 Å². The molecule has 2 aromatic rings. The summed E-state index contributed by atoms with van der Waals surface area (Å²) in [5, 5.41) is 2.01. The van der Waals surface area contributed by atoms with Crippen LogP contribution in [0.5, 0.6) is 0 Å². The van der Waals surface area contributed by atoms with Gasteiger partial charge < -0.3 is 5.73 Å². The molecule has 0 saturated carbocycles. The lowest BCUT2D eigenvalue weighted by Crippen LogP contribution is -2.32. The monoisotopic (exact) mass is 296 g/mol. The Labute approximate surface area is 132 Å². The summed E-state index contributed by atoms with van der Waals surface area (Å²) in [5.41, 5.74) is 12.9. The quantitative estimate of drug-likeness (QED) is 0.921. The zero-order chi connectivity index (χ0) is 15.5. The van der Waals surface area contributed by atoms with Crippen molar-refractivity contribution in [3.05, 3.63) is 70.3 Å². The van der Waals surface area contributed by atoms with E-state index in [1.54, 1.807) is 0 Å². The first-order valence-electron chi connectivity index (χ1n) is 7.88. The van der Waals surface area contributed by atoms with Gasteiger partial charge in [-0.05, 0) is 42.5 Å². The molecule has 0 saturated heterocycles. The van der Waals surface area contributed by atoms with E-state index in [9.17, 15) is 0 Å². The molecule has 0 bridgehead atoms. The summed E-state index contributed by atoms with van der Waals surface area (Å²) in [6.07, 6.45) is 0.854. The SMILES string of the molecule is Cc1ccc(C[C@@H](N)CON2Cc3ccccc3C2)c(C)c1. The number of rotatable bonds is 5. The normalized spacial score (nSPS) is 15.8. The molecule has 1 aliphatic heterocycles. The van der Waals surface area contributed by atoms with Gasteiger partial charge in [-0.1, -0.05) is 48.0 Å². The van der Waals surface area contributed by atoms with Crippen LogP contribution in [0.3, 0.4) is 0 Å². The Morgan fingerprint density at radius 1 is 1.09 bits per heavy atom. The van der Waals surface area contributed by atoms with E-state index in [-0.39, 0.29) is 6.04 Å². The molecular weight excluding hydrogens is 272 g/mol. The van der Waals surface area contributed by atoms with Crippen molar-refractivity contribution < 1.29 is 4.84 Å². The van der Waals surface area contributed by atoms with Gasteiger partial charge in [-0.15, -0.1) is 0 Å². The van der Waals surface area contributed by atoms with Crippen LogP contribution in [0.2, 0.25) is 0 Å². The van der Waals surface area contributed by atoms with Crippen LogP contribution < -0.4 is 5.73 Å². The van der Waals surface area contributed by atoms with E-state index in [0.717, 1.165) is 19.5 Å². The minimum atomic E-state index is 0.0186. The summed E-state index contributed by atoms with van der Waals surface area (Å²) >= 11 is 0. The Balaban J connectivity index is 1.50. The van der Waals surface area contributed by atoms with E-state index < -0.39 is 0 Å². The molecule has 3 rings (SSSR count). The van der Waals surface area contributed by atoms with Crippen molar-refractivity contribution in [3.63, 3.8) is 0 Å². The lowest BCUT2D eigenvalue weighted by Gasteiger charge is -2.19. The van der Waals surface area contributed by atoms with Crippen LogP contribution in [0.25, 0.3) is 0 Å². The number of nitrogens with zero attached hydrogens (tertiary/aromatic N) is 1. The van der Waals surface area contributed by atoms with E-state index in [1.165, 1.54) is 27.8 Å². The fourth-order valence-electron chi connectivity index (χ4n) is 3.01. The van der Waals surface area contributed by atoms with Crippen molar-refractivity contribution >= 4 is 0 Å². The first kappa shape index (κ1) is 15.2. The highest BCUT2D eigenvalue weighted by Gasteiger charge is 2.19. The molecule has 1 atom stereocenters. The van der Waals surface area contributed by atoms with E-state index in [4.69, 9.17) is 10.6 Å². The molecule has 0 unspecified atom stereocenters. The molecule has 116 valence electrons. The summed E-state index contributed by atoms with van der Waals surface area (Å²) in [5.74, 6) is 0. The third kappa shape index (κ3) is 3.55. The molecule has 2 aromatic carbocycles. The second kappa shape index (κ2) is 6.61. The Bertz CT molecular complexity index is 629. The molecule has 2 N–H and O–H groups in total. The standard InChI is InChI=1S/C19H24N2O/c1-14-7-8-16(15(2)9-14)10-19(20)13-22-21-11-17-5-3-4-6-18(17)12-21/h3-9,19H,10-13,20H2,1-2H3/t19-/m1/s1. The smallest absolute Gasteiger partial charge is 0.0839 e. The Morgan fingerprint density at radius 2 is 1.77 bits per heavy atom. The van der Waals surface area contributed by atoms with Gasteiger partial charge in [-0.2, -0.15) is 5.06 Å². The lowest BCUT2D eigenvalue weighted by atomic mass is 10.00. The zero-order valence-corrected chi connectivity index (χ0v) is 13.4. The van der Waals surface area contributed by atoms with Crippen LogP contribution in [0.4, 0.5) is 0 Å². The largest absolute Gasteiger partial charge is 0.325 e. The fraction of sp³-hybridized carbons (Fsp3) is 0.368. The molecule has 0 aliphatic carbocycles. The molecule has 0 aromatic heterocycles. The molecule has 0 spiro atoms. The number of hydrogen-bond acceptors (Lipinski definition) is 3. The van der Waals surface area contributed by atoms with Gasteiger partial charge in [0.2, 0.25) is 0 Å². The second-order valence-electron chi connectivity index (χ2n) is 6.26. The molecule has 0 amide bonds. The van der Waals surface area contributed by atoms with Gasteiger partial charge in [-0.3, -0.25) is 4.84 Å². The van der Waals surface area contributed by atoms with Crippen molar-refractivity contribution in [2.75, 3.05) is 6.61 Å². The number of aryl methyl sites for hydroxylation is 2. The maximum absolute atomic E-state index is 6.24.